The molecule has 3 rings (SSSR count). The minimum absolute atomic E-state index is 0.110. The molecule has 0 spiro atoms. The molecule has 8 heteroatoms. The molecule has 0 aromatic carbocycles. The van der Waals surface area contributed by atoms with Gasteiger partial charge in [-0.3, -0.25) is 9.59 Å². The Hall–Kier alpha value is -2.22. The molecule has 3 N–H and O–H groups in total. The molecule has 2 heterocycles. The number of carbonyl (C=O) groups excluding carboxylic acids is 2. The number of pyridine rings is 1. The predicted molar refractivity (Wildman–Crippen MR) is 104 cm³/mol. The van der Waals surface area contributed by atoms with Gasteiger partial charge < -0.3 is 20.7 Å². The number of nitrogens with one attached hydrogen (secondary N) is 1. The van der Waals surface area contributed by atoms with Crippen molar-refractivity contribution in [3.63, 3.8) is 0 Å². The molecule has 1 aliphatic carbocycles. The number of carbonyl (C=O) groups is 2. The van der Waals surface area contributed by atoms with Crippen LogP contribution in [-0.4, -0.2) is 48.2 Å². The van der Waals surface area contributed by atoms with E-state index < -0.39 is 17.2 Å². The molecule has 1 saturated heterocycles. The monoisotopic (exact) mass is 392 g/mol. The lowest BCUT2D eigenvalue weighted by Gasteiger charge is -2.44. The number of anilines is 1. The normalized spacial score (nSPS) is 20.3. The summed E-state index contributed by atoms with van der Waals surface area (Å²) < 4.78 is 19.8. The van der Waals surface area contributed by atoms with E-state index in [9.17, 15) is 14.0 Å². The van der Waals surface area contributed by atoms with Crippen LogP contribution in [0.4, 0.5) is 10.1 Å². The Morgan fingerprint density at radius 1 is 1.50 bits per heavy atom. The molecule has 2 fully saturated rings. The lowest BCUT2D eigenvalue weighted by Crippen LogP contribution is -2.58. The molecule has 0 radical (unpaired) electrons. The average molecular weight is 392 g/mol. The molecule has 28 heavy (non-hydrogen) atoms. The maximum absolute atomic E-state index is 13.9. The second-order valence-corrected chi connectivity index (χ2v) is 8.75. The molecular formula is C20H29FN4O3. The standard InChI is InChI=1S/C20H29FN4O3/c1-13(2)8-20(22,12-26)24-17(27)15-6-7-16(25-10-19(3,21)11-25)18(23-15)28-9-14-4-5-14/h6-7,12-14H,4-5,8-11,22H2,1-3H3,(H,24,27)/t20-/m0/s1. The van der Waals surface area contributed by atoms with Crippen LogP contribution >= 0.6 is 0 Å². The fourth-order valence-electron chi connectivity index (χ4n) is 3.39. The summed E-state index contributed by atoms with van der Waals surface area (Å²) in [7, 11) is 0. The topological polar surface area (TPSA) is 97.5 Å². The van der Waals surface area contributed by atoms with Gasteiger partial charge in [-0.1, -0.05) is 13.8 Å². The zero-order valence-electron chi connectivity index (χ0n) is 16.7. The van der Waals surface area contributed by atoms with Gasteiger partial charge in [0.05, 0.1) is 19.7 Å². The van der Waals surface area contributed by atoms with Crippen LogP contribution in [0.3, 0.4) is 0 Å². The Morgan fingerprint density at radius 2 is 2.18 bits per heavy atom. The number of rotatable bonds is 9. The molecule has 1 aromatic heterocycles. The van der Waals surface area contributed by atoms with E-state index in [1.165, 1.54) is 0 Å². The molecule has 1 aliphatic heterocycles. The minimum Gasteiger partial charge on any atom is -0.476 e. The number of aldehydes is 1. The Morgan fingerprint density at radius 3 is 2.71 bits per heavy atom. The summed E-state index contributed by atoms with van der Waals surface area (Å²) in [4.78, 5) is 30.2. The summed E-state index contributed by atoms with van der Waals surface area (Å²) in [5.74, 6) is 0.405. The van der Waals surface area contributed by atoms with E-state index in [0.717, 1.165) is 12.8 Å². The van der Waals surface area contributed by atoms with Crippen LogP contribution in [0.5, 0.6) is 5.88 Å². The summed E-state index contributed by atoms with van der Waals surface area (Å²) in [5, 5.41) is 2.56. The number of hydrogen-bond acceptors (Lipinski definition) is 6. The van der Waals surface area contributed by atoms with Crippen molar-refractivity contribution in [3.05, 3.63) is 17.8 Å². The number of aromatic nitrogens is 1. The number of halogens is 1. The largest absolute Gasteiger partial charge is 0.476 e. The van der Waals surface area contributed by atoms with Gasteiger partial charge >= 0.3 is 0 Å². The van der Waals surface area contributed by atoms with Crippen LogP contribution < -0.4 is 20.7 Å². The molecule has 0 unspecified atom stereocenters. The molecule has 2 aliphatic rings. The maximum atomic E-state index is 13.9. The number of amides is 1. The van der Waals surface area contributed by atoms with Crippen molar-refractivity contribution in [1.29, 1.82) is 0 Å². The molecule has 154 valence electrons. The third-order valence-electron chi connectivity index (χ3n) is 4.91. The summed E-state index contributed by atoms with van der Waals surface area (Å²) >= 11 is 0. The van der Waals surface area contributed by atoms with Crippen molar-refractivity contribution in [2.24, 2.45) is 17.6 Å². The van der Waals surface area contributed by atoms with Gasteiger partial charge in [0, 0.05) is 0 Å². The Balaban J connectivity index is 1.77. The molecule has 7 nitrogen and oxygen atoms in total. The van der Waals surface area contributed by atoms with Gasteiger partial charge in [0.25, 0.3) is 5.91 Å². The van der Waals surface area contributed by atoms with Crippen LogP contribution in [0.15, 0.2) is 12.1 Å². The van der Waals surface area contributed by atoms with E-state index in [2.05, 4.69) is 10.3 Å². The first-order valence-corrected chi connectivity index (χ1v) is 9.76. The van der Waals surface area contributed by atoms with Crippen molar-refractivity contribution in [3.8, 4) is 5.88 Å². The smallest absolute Gasteiger partial charge is 0.271 e. The van der Waals surface area contributed by atoms with E-state index >= 15 is 0 Å². The first-order chi connectivity index (χ1) is 13.1. The van der Waals surface area contributed by atoms with E-state index in [1.807, 2.05) is 18.7 Å². The van der Waals surface area contributed by atoms with Crippen molar-refractivity contribution in [1.82, 2.24) is 10.3 Å². The van der Waals surface area contributed by atoms with Crippen molar-refractivity contribution in [2.45, 2.75) is 51.4 Å². The fourth-order valence-corrected chi connectivity index (χ4v) is 3.39. The molecular weight excluding hydrogens is 363 g/mol. The van der Waals surface area contributed by atoms with E-state index in [-0.39, 0.29) is 24.7 Å². The SMILES string of the molecule is CC(C)C[C@@](N)(C=O)NC(=O)c1ccc(N2CC(C)(F)C2)c(OCC2CC2)n1. The predicted octanol–water partition coefficient (Wildman–Crippen LogP) is 2.05. The van der Waals surface area contributed by atoms with Gasteiger partial charge in [-0.15, -0.1) is 0 Å². The highest BCUT2D eigenvalue weighted by atomic mass is 19.1. The molecule has 1 amide bonds. The van der Waals surface area contributed by atoms with E-state index in [4.69, 9.17) is 10.5 Å². The van der Waals surface area contributed by atoms with Gasteiger partial charge in [0.2, 0.25) is 5.88 Å². The first kappa shape index (κ1) is 20.5. The van der Waals surface area contributed by atoms with Crippen LogP contribution in [0.25, 0.3) is 0 Å². The number of nitrogens with zero attached hydrogens (tertiary/aromatic N) is 2. The van der Waals surface area contributed by atoms with Gasteiger partial charge in [0.1, 0.15) is 22.7 Å². The zero-order chi connectivity index (χ0) is 20.5. The van der Waals surface area contributed by atoms with Gasteiger partial charge in [-0.25, -0.2) is 9.37 Å². The van der Waals surface area contributed by atoms with Crippen LogP contribution in [0.2, 0.25) is 0 Å². The Labute approximate surface area is 164 Å². The maximum Gasteiger partial charge on any atom is 0.271 e. The quantitative estimate of drug-likeness (QED) is 0.493. The van der Waals surface area contributed by atoms with Gasteiger partial charge in [0.15, 0.2) is 6.29 Å². The summed E-state index contributed by atoms with van der Waals surface area (Å²) in [6, 6.07) is 3.25. The molecule has 1 aromatic rings. The van der Waals surface area contributed by atoms with E-state index in [0.29, 0.717) is 36.8 Å². The number of alkyl halides is 1. The Bertz CT molecular complexity index is 743. The highest BCUT2D eigenvalue weighted by Crippen LogP contribution is 2.37. The summed E-state index contributed by atoms with van der Waals surface area (Å²) in [5.41, 5.74) is 4.11. The van der Waals surface area contributed by atoms with Crippen LogP contribution in [0, 0.1) is 11.8 Å². The highest BCUT2D eigenvalue weighted by Gasteiger charge is 2.40. The van der Waals surface area contributed by atoms with Gasteiger partial charge in [-0.2, -0.15) is 0 Å². The second-order valence-electron chi connectivity index (χ2n) is 8.75. The number of ether oxygens (including phenoxy) is 1. The van der Waals surface area contributed by atoms with E-state index in [1.54, 1.807) is 19.1 Å². The Kier molecular flexibility index (Phi) is 5.61. The van der Waals surface area contributed by atoms with Crippen LogP contribution in [0.1, 0.15) is 50.5 Å². The highest BCUT2D eigenvalue weighted by molar-refractivity contribution is 5.95. The van der Waals surface area contributed by atoms with Crippen LogP contribution in [-0.2, 0) is 4.79 Å². The molecule has 1 saturated carbocycles. The van der Waals surface area contributed by atoms with Crippen molar-refractivity contribution < 1.29 is 18.7 Å². The lowest BCUT2D eigenvalue weighted by molar-refractivity contribution is -0.113. The lowest BCUT2D eigenvalue weighted by atomic mass is 9.98. The zero-order valence-corrected chi connectivity index (χ0v) is 16.7. The summed E-state index contributed by atoms with van der Waals surface area (Å²) in [6.45, 7) is 6.42. The minimum atomic E-state index is -1.45. The number of hydrogen-bond donors (Lipinski definition) is 2. The third-order valence-corrected chi connectivity index (χ3v) is 4.91. The summed E-state index contributed by atoms with van der Waals surface area (Å²) in [6.07, 6.45) is 3.10. The average Bonchev–Trinajstić information content (AvgIpc) is 3.41. The first-order valence-electron chi connectivity index (χ1n) is 9.76. The molecule has 1 atom stereocenters. The number of nitrogens with two attached hydrogens (primary N) is 1. The fraction of sp³-hybridized carbons (Fsp3) is 0.650. The van der Waals surface area contributed by atoms with Crippen molar-refractivity contribution >= 4 is 17.9 Å². The molecule has 0 bridgehead atoms. The van der Waals surface area contributed by atoms with Crippen molar-refractivity contribution in [2.75, 3.05) is 24.6 Å². The third kappa shape index (κ3) is 4.98. The second kappa shape index (κ2) is 7.66. The van der Waals surface area contributed by atoms with Gasteiger partial charge in [-0.05, 0) is 50.2 Å².